The van der Waals surface area contributed by atoms with Crippen molar-refractivity contribution < 1.29 is 5.11 Å². The average Bonchev–Trinajstić information content (AvgIpc) is 2.47. The zero-order valence-electron chi connectivity index (χ0n) is 12.6. The van der Waals surface area contributed by atoms with Gasteiger partial charge in [-0.1, -0.05) is 42.7 Å². The first-order valence-corrected chi connectivity index (χ1v) is 8.23. The van der Waals surface area contributed by atoms with Gasteiger partial charge >= 0.3 is 0 Å². The van der Waals surface area contributed by atoms with Crippen LogP contribution in [-0.2, 0) is 0 Å². The number of benzene rings is 1. The number of fused-ring (bicyclic) bond motifs is 1. The molecule has 1 N–H and O–H groups in total. The molecule has 2 heteroatoms. The minimum atomic E-state index is -0.337. The molecule has 3 rings (SSSR count). The van der Waals surface area contributed by atoms with E-state index in [9.17, 15) is 5.11 Å². The Labute approximate surface area is 122 Å². The molecule has 1 aromatic rings. The quantitative estimate of drug-likeness (QED) is 0.908. The number of hydrogen-bond donors (Lipinski definition) is 1. The van der Waals surface area contributed by atoms with Gasteiger partial charge in [-0.2, -0.15) is 0 Å². The highest BCUT2D eigenvalue weighted by Gasteiger charge is 2.33. The summed E-state index contributed by atoms with van der Waals surface area (Å²) in [4.78, 5) is 2.57. The molecule has 110 valence electrons. The highest BCUT2D eigenvalue weighted by Crippen LogP contribution is 2.36. The highest BCUT2D eigenvalue weighted by molar-refractivity contribution is 5.24. The van der Waals surface area contributed by atoms with Gasteiger partial charge < -0.3 is 5.11 Å². The van der Waals surface area contributed by atoms with Crippen LogP contribution in [0.5, 0.6) is 0 Å². The van der Waals surface area contributed by atoms with Crippen LogP contribution in [0.25, 0.3) is 0 Å². The summed E-state index contributed by atoms with van der Waals surface area (Å²) in [6.45, 7) is 4.07. The zero-order valence-corrected chi connectivity index (χ0v) is 12.6. The van der Waals surface area contributed by atoms with Crippen molar-refractivity contribution in [2.24, 2.45) is 5.92 Å². The van der Waals surface area contributed by atoms with E-state index in [-0.39, 0.29) is 6.10 Å². The van der Waals surface area contributed by atoms with E-state index >= 15 is 0 Å². The molecule has 2 aliphatic rings. The molecule has 3 atom stereocenters. The molecule has 0 aromatic heterocycles. The maximum Gasteiger partial charge on any atom is 0.0917 e. The normalized spacial score (nSPS) is 28.9. The summed E-state index contributed by atoms with van der Waals surface area (Å²) in [5, 5.41) is 10.5. The lowest BCUT2D eigenvalue weighted by Gasteiger charge is -2.44. The molecule has 0 amide bonds. The number of piperidine rings is 1. The number of aliphatic hydroxyl groups excluding tert-OH is 1. The third-order valence-electron chi connectivity index (χ3n) is 5.19. The second-order valence-corrected chi connectivity index (χ2v) is 6.68. The molecular formula is C18H27NO. The molecule has 1 aromatic carbocycles. The summed E-state index contributed by atoms with van der Waals surface area (Å²) in [6.07, 6.45) is 7.90. The van der Waals surface area contributed by atoms with Crippen molar-refractivity contribution in [3.63, 3.8) is 0 Å². The third-order valence-corrected chi connectivity index (χ3v) is 5.19. The standard InChI is InChI=1S/C18H27NO/c1-14-6-4-8-16(12-14)18(20)13-19-11-5-9-15-7-2-3-10-17(15)19/h4,6,8,12,15,17-18,20H,2-3,5,7,9-11,13H2,1H3/t15-,17-,18?/m1/s1. The summed E-state index contributed by atoms with van der Waals surface area (Å²) in [7, 11) is 0. The summed E-state index contributed by atoms with van der Waals surface area (Å²) in [5.74, 6) is 0.891. The average molecular weight is 273 g/mol. The molecule has 2 nitrogen and oxygen atoms in total. The van der Waals surface area contributed by atoms with Crippen molar-refractivity contribution in [3.8, 4) is 0 Å². The molecule has 0 spiro atoms. The van der Waals surface area contributed by atoms with Gasteiger partial charge in [0.15, 0.2) is 0 Å². The molecule has 0 bridgehead atoms. The van der Waals surface area contributed by atoms with E-state index in [4.69, 9.17) is 0 Å². The van der Waals surface area contributed by atoms with Gasteiger partial charge in [-0.15, -0.1) is 0 Å². The topological polar surface area (TPSA) is 23.5 Å². The lowest BCUT2D eigenvalue weighted by Crippen LogP contribution is -2.48. The van der Waals surface area contributed by atoms with Crippen LogP contribution in [0, 0.1) is 12.8 Å². The van der Waals surface area contributed by atoms with Gasteiger partial charge in [0.2, 0.25) is 0 Å². The number of β-amino-alcohol motifs (C(OH)–C–C–N with tert-alkyl or cyclic N) is 1. The lowest BCUT2D eigenvalue weighted by molar-refractivity contribution is 0.0205. The molecule has 1 saturated heterocycles. The second kappa shape index (κ2) is 6.28. The van der Waals surface area contributed by atoms with Crippen LogP contribution in [0.4, 0.5) is 0 Å². The van der Waals surface area contributed by atoms with E-state index in [0.717, 1.165) is 24.1 Å². The molecule has 1 saturated carbocycles. The number of likely N-dealkylation sites (tertiary alicyclic amines) is 1. The first kappa shape index (κ1) is 14.1. The van der Waals surface area contributed by atoms with E-state index in [1.165, 1.54) is 50.6 Å². The second-order valence-electron chi connectivity index (χ2n) is 6.68. The van der Waals surface area contributed by atoms with E-state index in [1.54, 1.807) is 0 Å². The van der Waals surface area contributed by atoms with Gasteiger partial charge in [0, 0.05) is 12.6 Å². The number of hydrogen-bond acceptors (Lipinski definition) is 2. The van der Waals surface area contributed by atoms with Gasteiger partial charge in [-0.25, -0.2) is 0 Å². The fourth-order valence-corrected chi connectivity index (χ4v) is 4.16. The Morgan fingerprint density at radius 2 is 2.00 bits per heavy atom. The van der Waals surface area contributed by atoms with Gasteiger partial charge in [0.25, 0.3) is 0 Å². The zero-order chi connectivity index (χ0) is 13.9. The van der Waals surface area contributed by atoms with Crippen molar-refractivity contribution in [3.05, 3.63) is 35.4 Å². The van der Waals surface area contributed by atoms with Crippen LogP contribution in [0.1, 0.15) is 55.8 Å². The van der Waals surface area contributed by atoms with E-state index in [1.807, 2.05) is 6.07 Å². The van der Waals surface area contributed by atoms with Crippen molar-refractivity contribution in [1.29, 1.82) is 0 Å². The molecule has 1 aliphatic carbocycles. The lowest BCUT2D eigenvalue weighted by atomic mass is 9.78. The maximum absolute atomic E-state index is 10.5. The smallest absolute Gasteiger partial charge is 0.0917 e. The van der Waals surface area contributed by atoms with Crippen molar-refractivity contribution in [2.45, 2.75) is 57.6 Å². The number of aryl methyl sites for hydroxylation is 1. The first-order chi connectivity index (χ1) is 9.74. The van der Waals surface area contributed by atoms with Crippen molar-refractivity contribution in [2.75, 3.05) is 13.1 Å². The fourth-order valence-electron chi connectivity index (χ4n) is 4.16. The summed E-state index contributed by atoms with van der Waals surface area (Å²) < 4.78 is 0. The highest BCUT2D eigenvalue weighted by atomic mass is 16.3. The Hall–Kier alpha value is -0.860. The number of rotatable bonds is 3. The van der Waals surface area contributed by atoms with Crippen LogP contribution in [0.2, 0.25) is 0 Å². The van der Waals surface area contributed by atoms with Crippen LogP contribution >= 0.6 is 0 Å². The van der Waals surface area contributed by atoms with Crippen LogP contribution in [0.15, 0.2) is 24.3 Å². The molecular weight excluding hydrogens is 246 g/mol. The minimum Gasteiger partial charge on any atom is -0.387 e. The molecule has 1 heterocycles. The predicted octanol–water partition coefficient (Wildman–Crippen LogP) is 3.68. The number of nitrogens with zero attached hydrogens (tertiary/aromatic N) is 1. The Balaban J connectivity index is 1.66. The summed E-state index contributed by atoms with van der Waals surface area (Å²) >= 11 is 0. The van der Waals surface area contributed by atoms with E-state index in [0.29, 0.717) is 0 Å². The monoisotopic (exact) mass is 273 g/mol. The predicted molar refractivity (Wildman–Crippen MR) is 82.7 cm³/mol. The maximum atomic E-state index is 10.5. The van der Waals surface area contributed by atoms with Crippen LogP contribution in [-0.4, -0.2) is 29.1 Å². The van der Waals surface area contributed by atoms with Crippen molar-refractivity contribution >= 4 is 0 Å². The Bertz CT molecular complexity index is 443. The van der Waals surface area contributed by atoms with Gasteiger partial charge in [0.05, 0.1) is 6.10 Å². The van der Waals surface area contributed by atoms with E-state index < -0.39 is 0 Å². The summed E-state index contributed by atoms with van der Waals surface area (Å²) in [5.41, 5.74) is 2.30. The molecule has 0 radical (unpaired) electrons. The number of aliphatic hydroxyl groups is 1. The molecule has 1 unspecified atom stereocenters. The van der Waals surface area contributed by atoms with Crippen LogP contribution in [0.3, 0.4) is 0 Å². The first-order valence-electron chi connectivity index (χ1n) is 8.23. The Kier molecular flexibility index (Phi) is 4.42. The molecule has 1 aliphatic heterocycles. The fraction of sp³-hybridized carbons (Fsp3) is 0.667. The Morgan fingerprint density at radius 1 is 1.20 bits per heavy atom. The third kappa shape index (κ3) is 3.07. The largest absolute Gasteiger partial charge is 0.387 e. The molecule has 20 heavy (non-hydrogen) atoms. The van der Waals surface area contributed by atoms with Crippen molar-refractivity contribution in [1.82, 2.24) is 4.90 Å². The molecule has 2 fully saturated rings. The van der Waals surface area contributed by atoms with Gasteiger partial charge in [-0.05, 0) is 50.6 Å². The van der Waals surface area contributed by atoms with Crippen LogP contribution < -0.4 is 0 Å². The SMILES string of the molecule is Cc1cccc(C(O)CN2CCC[C@H]3CCCC[C@H]32)c1. The Morgan fingerprint density at radius 3 is 2.85 bits per heavy atom. The van der Waals surface area contributed by atoms with E-state index in [2.05, 4.69) is 30.0 Å². The summed E-state index contributed by atoms with van der Waals surface area (Å²) in [6, 6.07) is 9.05. The minimum absolute atomic E-state index is 0.337. The van der Waals surface area contributed by atoms with Gasteiger partial charge in [-0.3, -0.25) is 4.90 Å². The van der Waals surface area contributed by atoms with Gasteiger partial charge in [0.1, 0.15) is 0 Å².